The second-order valence-corrected chi connectivity index (χ2v) is 7.57. The number of aryl methyl sites for hydroxylation is 2. The van der Waals surface area contributed by atoms with Crippen molar-refractivity contribution >= 4 is 11.6 Å². The number of anilines is 1. The normalized spacial score (nSPS) is 13.9. The Morgan fingerprint density at radius 1 is 1.06 bits per heavy atom. The van der Waals surface area contributed by atoms with E-state index in [-0.39, 0.29) is 5.91 Å². The molecule has 1 aliphatic heterocycles. The van der Waals surface area contributed by atoms with E-state index < -0.39 is 0 Å². The second-order valence-electron chi connectivity index (χ2n) is 7.57. The maximum Gasteiger partial charge on any atom is 0.254 e. The molecule has 1 fully saturated rings. The van der Waals surface area contributed by atoms with Crippen molar-refractivity contribution in [3.05, 3.63) is 71.1 Å². The molecule has 0 spiro atoms. The number of piperazine rings is 1. The van der Waals surface area contributed by atoms with Crippen LogP contribution in [0, 0.1) is 13.8 Å². The molecule has 4 rings (SSSR count). The number of aromatic nitrogens is 1. The first kappa shape index (κ1) is 20.8. The van der Waals surface area contributed by atoms with E-state index in [1.807, 2.05) is 55.1 Å². The maximum absolute atomic E-state index is 13.1. The molecular weight excluding hydrogens is 394 g/mol. The largest absolute Gasteiger partial charge is 0.495 e. The summed E-state index contributed by atoms with van der Waals surface area (Å²) in [6.07, 6.45) is 0. The standard InChI is InChI=1S/C24H27N3O4/c1-17-21(18(2)31-25-17)16-30-20-8-6-7-19(15-20)24(28)27-13-11-26(12-14-27)22-9-4-5-10-23(22)29-3/h4-10,15H,11-14,16H2,1-3H3. The highest BCUT2D eigenvalue weighted by Gasteiger charge is 2.24. The van der Waals surface area contributed by atoms with Crippen LogP contribution in [0.3, 0.4) is 0 Å². The molecular formula is C24H27N3O4. The zero-order valence-corrected chi connectivity index (χ0v) is 18.1. The van der Waals surface area contributed by atoms with E-state index in [0.29, 0.717) is 31.0 Å². The molecule has 0 saturated carbocycles. The molecule has 0 bridgehead atoms. The Kier molecular flexibility index (Phi) is 6.11. The average molecular weight is 421 g/mol. The first-order valence-electron chi connectivity index (χ1n) is 10.4. The first-order chi connectivity index (χ1) is 15.1. The number of ether oxygens (including phenoxy) is 2. The van der Waals surface area contributed by atoms with Crippen LogP contribution in [0.15, 0.2) is 53.1 Å². The van der Waals surface area contributed by atoms with Gasteiger partial charge in [0, 0.05) is 31.7 Å². The summed E-state index contributed by atoms with van der Waals surface area (Å²) in [4.78, 5) is 17.2. The molecule has 0 radical (unpaired) electrons. The van der Waals surface area contributed by atoms with Crippen molar-refractivity contribution < 1.29 is 18.8 Å². The molecule has 7 nitrogen and oxygen atoms in total. The number of para-hydroxylation sites is 2. The smallest absolute Gasteiger partial charge is 0.254 e. The van der Waals surface area contributed by atoms with Crippen molar-refractivity contribution in [1.82, 2.24) is 10.1 Å². The molecule has 1 saturated heterocycles. The molecule has 31 heavy (non-hydrogen) atoms. The average Bonchev–Trinajstić information content (AvgIpc) is 3.14. The third-order valence-electron chi connectivity index (χ3n) is 5.64. The fraction of sp³-hybridized carbons (Fsp3) is 0.333. The minimum absolute atomic E-state index is 0.0162. The number of carbonyl (C=O) groups excluding carboxylic acids is 1. The van der Waals surface area contributed by atoms with E-state index in [1.165, 1.54) is 0 Å². The van der Waals surface area contributed by atoms with Crippen LogP contribution in [-0.2, 0) is 6.61 Å². The molecule has 0 atom stereocenters. The van der Waals surface area contributed by atoms with Crippen molar-refractivity contribution in [1.29, 1.82) is 0 Å². The van der Waals surface area contributed by atoms with Gasteiger partial charge < -0.3 is 23.8 Å². The van der Waals surface area contributed by atoms with Gasteiger partial charge in [-0.25, -0.2) is 0 Å². The third-order valence-corrected chi connectivity index (χ3v) is 5.64. The number of methoxy groups -OCH3 is 1. The Morgan fingerprint density at radius 2 is 1.84 bits per heavy atom. The number of hydrogen-bond acceptors (Lipinski definition) is 6. The lowest BCUT2D eigenvalue weighted by atomic mass is 10.1. The number of carbonyl (C=O) groups is 1. The van der Waals surface area contributed by atoms with Gasteiger partial charge in [0.05, 0.1) is 24.1 Å². The molecule has 0 N–H and O–H groups in total. The Hall–Kier alpha value is -3.48. The van der Waals surface area contributed by atoms with Gasteiger partial charge in [-0.1, -0.05) is 23.4 Å². The number of nitrogens with zero attached hydrogens (tertiary/aromatic N) is 3. The molecule has 3 aromatic rings. The van der Waals surface area contributed by atoms with E-state index in [9.17, 15) is 4.79 Å². The molecule has 162 valence electrons. The van der Waals surface area contributed by atoms with Crippen LogP contribution in [0.4, 0.5) is 5.69 Å². The number of rotatable bonds is 6. The van der Waals surface area contributed by atoms with Crippen molar-refractivity contribution in [2.45, 2.75) is 20.5 Å². The quantitative estimate of drug-likeness (QED) is 0.602. The van der Waals surface area contributed by atoms with Gasteiger partial charge in [0.25, 0.3) is 5.91 Å². The summed E-state index contributed by atoms with van der Waals surface area (Å²) in [5, 5.41) is 3.95. The highest BCUT2D eigenvalue weighted by Crippen LogP contribution is 2.28. The predicted molar refractivity (Wildman–Crippen MR) is 118 cm³/mol. The van der Waals surface area contributed by atoms with Crippen molar-refractivity contribution in [3.63, 3.8) is 0 Å². The van der Waals surface area contributed by atoms with Crippen LogP contribution < -0.4 is 14.4 Å². The van der Waals surface area contributed by atoms with Crippen LogP contribution in [0.5, 0.6) is 11.5 Å². The highest BCUT2D eigenvalue weighted by molar-refractivity contribution is 5.94. The molecule has 0 aliphatic carbocycles. The zero-order chi connectivity index (χ0) is 21.8. The second kappa shape index (κ2) is 9.12. The van der Waals surface area contributed by atoms with Gasteiger partial charge >= 0.3 is 0 Å². The Labute approximate surface area is 182 Å². The van der Waals surface area contributed by atoms with Crippen molar-refractivity contribution in [2.75, 3.05) is 38.2 Å². The maximum atomic E-state index is 13.1. The predicted octanol–water partition coefficient (Wildman–Crippen LogP) is 3.84. The zero-order valence-electron chi connectivity index (χ0n) is 18.1. The number of hydrogen-bond donors (Lipinski definition) is 0. The topological polar surface area (TPSA) is 68.0 Å². The summed E-state index contributed by atoms with van der Waals surface area (Å²) in [5.74, 6) is 2.27. The minimum Gasteiger partial charge on any atom is -0.495 e. The number of amides is 1. The van der Waals surface area contributed by atoms with E-state index in [1.54, 1.807) is 13.2 Å². The van der Waals surface area contributed by atoms with Gasteiger partial charge in [-0.3, -0.25) is 4.79 Å². The molecule has 1 amide bonds. The van der Waals surface area contributed by atoms with E-state index in [0.717, 1.165) is 41.5 Å². The van der Waals surface area contributed by atoms with Gasteiger partial charge in [0.2, 0.25) is 0 Å². The Morgan fingerprint density at radius 3 is 2.55 bits per heavy atom. The van der Waals surface area contributed by atoms with Gasteiger partial charge in [0.1, 0.15) is 23.9 Å². The van der Waals surface area contributed by atoms with Gasteiger partial charge in [-0.15, -0.1) is 0 Å². The Balaban J connectivity index is 1.38. The van der Waals surface area contributed by atoms with Crippen LogP contribution in [-0.4, -0.2) is 49.3 Å². The lowest BCUT2D eigenvalue weighted by Crippen LogP contribution is -2.48. The fourth-order valence-electron chi connectivity index (χ4n) is 3.81. The van der Waals surface area contributed by atoms with E-state index in [2.05, 4.69) is 16.1 Å². The van der Waals surface area contributed by atoms with E-state index >= 15 is 0 Å². The highest BCUT2D eigenvalue weighted by atomic mass is 16.5. The summed E-state index contributed by atoms with van der Waals surface area (Å²) >= 11 is 0. The molecule has 1 aromatic heterocycles. The van der Waals surface area contributed by atoms with Crippen molar-refractivity contribution in [3.8, 4) is 11.5 Å². The lowest BCUT2D eigenvalue weighted by Gasteiger charge is -2.36. The molecule has 2 aromatic carbocycles. The summed E-state index contributed by atoms with van der Waals surface area (Å²) in [6, 6.07) is 15.3. The van der Waals surface area contributed by atoms with E-state index in [4.69, 9.17) is 14.0 Å². The minimum atomic E-state index is 0.0162. The van der Waals surface area contributed by atoms with Gasteiger partial charge in [-0.2, -0.15) is 0 Å². The van der Waals surface area contributed by atoms with Gasteiger partial charge in [-0.05, 0) is 44.2 Å². The van der Waals surface area contributed by atoms with Gasteiger partial charge in [0.15, 0.2) is 0 Å². The SMILES string of the molecule is COc1ccccc1N1CCN(C(=O)c2cccc(OCc3c(C)noc3C)c2)CC1. The van der Waals surface area contributed by atoms with Crippen molar-refractivity contribution in [2.24, 2.45) is 0 Å². The molecule has 0 unspecified atom stereocenters. The molecule has 2 heterocycles. The molecule has 7 heteroatoms. The van der Waals surface area contributed by atoms with Crippen LogP contribution in [0.2, 0.25) is 0 Å². The fourth-order valence-corrected chi connectivity index (χ4v) is 3.81. The lowest BCUT2D eigenvalue weighted by molar-refractivity contribution is 0.0746. The summed E-state index contributed by atoms with van der Waals surface area (Å²) < 4.78 is 16.5. The monoisotopic (exact) mass is 421 g/mol. The van der Waals surface area contributed by atoms with Crippen LogP contribution in [0.1, 0.15) is 27.4 Å². The van der Waals surface area contributed by atoms with Crippen LogP contribution >= 0.6 is 0 Å². The molecule has 1 aliphatic rings. The Bertz CT molecular complexity index is 1030. The van der Waals surface area contributed by atoms with Crippen LogP contribution in [0.25, 0.3) is 0 Å². The summed E-state index contributed by atoms with van der Waals surface area (Å²) in [5.41, 5.74) is 3.44. The number of benzene rings is 2. The summed E-state index contributed by atoms with van der Waals surface area (Å²) in [7, 11) is 1.68. The third kappa shape index (κ3) is 4.50. The first-order valence-corrected chi connectivity index (χ1v) is 10.4. The summed E-state index contributed by atoms with van der Waals surface area (Å²) in [6.45, 7) is 6.93.